The maximum absolute atomic E-state index is 13.8. The summed E-state index contributed by atoms with van der Waals surface area (Å²) in [5.74, 6) is -0.548. The van der Waals surface area contributed by atoms with Gasteiger partial charge in [0.05, 0.1) is 17.9 Å². The Hall–Kier alpha value is -3.44. The lowest BCUT2D eigenvalue weighted by molar-refractivity contribution is -0.137. The number of nitrogens with zero attached hydrogens (tertiary/aromatic N) is 2. The van der Waals surface area contributed by atoms with Gasteiger partial charge in [-0.3, -0.25) is 4.79 Å². The fourth-order valence-electron chi connectivity index (χ4n) is 3.64. The number of sulfonamides is 1. The molecule has 3 rings (SSSR count). The largest absolute Gasteiger partial charge is 0.416 e. The predicted molar refractivity (Wildman–Crippen MR) is 132 cm³/mol. The third-order valence-corrected chi connectivity index (χ3v) is 6.90. The van der Waals surface area contributed by atoms with Crippen LogP contribution in [0.1, 0.15) is 30.0 Å². The minimum atomic E-state index is -4.57. The van der Waals surface area contributed by atoms with Gasteiger partial charge in [0.1, 0.15) is 11.9 Å². The molecule has 1 unspecified atom stereocenters. The summed E-state index contributed by atoms with van der Waals surface area (Å²) in [4.78, 5) is 19.2. The van der Waals surface area contributed by atoms with Crippen LogP contribution in [0.5, 0.6) is 0 Å². The van der Waals surface area contributed by atoms with Crippen LogP contribution in [0.2, 0.25) is 0 Å². The lowest BCUT2D eigenvalue weighted by Crippen LogP contribution is -2.50. The normalized spacial score (nSPS) is 12.8. The van der Waals surface area contributed by atoms with Gasteiger partial charge >= 0.3 is 6.18 Å². The molecule has 1 amide bonds. The summed E-state index contributed by atoms with van der Waals surface area (Å²) >= 11 is 0. The van der Waals surface area contributed by atoms with Crippen molar-refractivity contribution in [1.82, 2.24) is 9.71 Å². The number of carbonyl (C=O) groups excluding carboxylic acids is 1. The maximum Gasteiger partial charge on any atom is 0.416 e. The molecule has 0 aliphatic carbocycles. The summed E-state index contributed by atoms with van der Waals surface area (Å²) in [5, 5.41) is 0. The van der Waals surface area contributed by atoms with E-state index in [-0.39, 0.29) is 24.3 Å². The topological polar surface area (TPSA) is 105 Å². The van der Waals surface area contributed by atoms with Gasteiger partial charge in [-0.15, -0.1) is 0 Å². The number of nitrogen functional groups attached to an aromatic ring is 1. The number of hydrogen-bond donors (Lipinski definition) is 2. The number of rotatable bonds is 10. The fourth-order valence-corrected chi connectivity index (χ4v) is 4.91. The quantitative estimate of drug-likeness (QED) is 0.418. The lowest BCUT2D eigenvalue weighted by Gasteiger charge is -2.28. The number of carbonyl (C=O) groups is 1. The number of amides is 1. The number of para-hydroxylation sites is 1. The van der Waals surface area contributed by atoms with E-state index >= 15 is 0 Å². The maximum atomic E-state index is 13.8. The first-order valence-corrected chi connectivity index (χ1v) is 12.9. The van der Waals surface area contributed by atoms with Crippen molar-refractivity contribution in [3.8, 4) is 0 Å². The summed E-state index contributed by atoms with van der Waals surface area (Å²) in [6.45, 7) is 1.72. The van der Waals surface area contributed by atoms with Crippen LogP contribution < -0.4 is 15.4 Å². The molecule has 0 radical (unpaired) electrons. The van der Waals surface area contributed by atoms with E-state index in [1.54, 1.807) is 49.4 Å². The van der Waals surface area contributed by atoms with Crippen LogP contribution in [0.3, 0.4) is 0 Å². The zero-order valence-electron chi connectivity index (χ0n) is 19.6. The van der Waals surface area contributed by atoms with E-state index in [0.717, 1.165) is 12.1 Å². The Bertz CT molecular complexity index is 1270. The minimum Gasteiger partial charge on any atom is -0.384 e. The van der Waals surface area contributed by atoms with Gasteiger partial charge in [0.25, 0.3) is 0 Å². The number of aromatic nitrogens is 1. The molecule has 0 aliphatic heterocycles. The van der Waals surface area contributed by atoms with Gasteiger partial charge < -0.3 is 10.6 Å². The van der Waals surface area contributed by atoms with Crippen molar-refractivity contribution >= 4 is 27.4 Å². The molecule has 1 heterocycles. The van der Waals surface area contributed by atoms with Crippen molar-refractivity contribution in [2.75, 3.05) is 16.4 Å². The Morgan fingerprint density at radius 3 is 2.39 bits per heavy atom. The molecule has 3 N–H and O–H groups in total. The second-order valence-electron chi connectivity index (χ2n) is 8.24. The molecule has 192 valence electrons. The monoisotopic (exact) mass is 520 g/mol. The average molecular weight is 521 g/mol. The highest BCUT2D eigenvalue weighted by atomic mass is 32.2. The molecule has 0 aliphatic rings. The highest BCUT2D eigenvalue weighted by molar-refractivity contribution is 7.89. The van der Waals surface area contributed by atoms with Gasteiger partial charge in [-0.05, 0) is 48.2 Å². The van der Waals surface area contributed by atoms with Crippen LogP contribution in [0.4, 0.5) is 24.7 Å². The first-order valence-electron chi connectivity index (χ1n) is 11.2. The van der Waals surface area contributed by atoms with Crippen LogP contribution in [0.15, 0.2) is 72.9 Å². The van der Waals surface area contributed by atoms with E-state index in [1.165, 1.54) is 23.2 Å². The van der Waals surface area contributed by atoms with Gasteiger partial charge in [0.15, 0.2) is 0 Å². The van der Waals surface area contributed by atoms with Gasteiger partial charge in [0.2, 0.25) is 15.9 Å². The summed E-state index contributed by atoms with van der Waals surface area (Å²) in [6.07, 6.45) is -3.04. The molecule has 0 bridgehead atoms. The summed E-state index contributed by atoms with van der Waals surface area (Å²) in [7, 11) is -3.88. The molecule has 2 aromatic carbocycles. The number of benzene rings is 2. The predicted octanol–water partition coefficient (Wildman–Crippen LogP) is 4.16. The molecule has 7 nitrogen and oxygen atoms in total. The Labute approximate surface area is 208 Å². The molecule has 3 aromatic rings. The number of nitrogens with two attached hydrogens (primary N) is 1. The van der Waals surface area contributed by atoms with Crippen LogP contribution >= 0.6 is 0 Å². The molecule has 1 atom stereocenters. The highest BCUT2D eigenvalue weighted by Gasteiger charge is 2.33. The fraction of sp³-hybridized carbons (Fsp3) is 0.280. The Morgan fingerprint density at radius 1 is 1.06 bits per heavy atom. The number of anilines is 2. The smallest absolute Gasteiger partial charge is 0.384 e. The third kappa shape index (κ3) is 7.53. The van der Waals surface area contributed by atoms with Crippen LogP contribution in [0, 0.1) is 0 Å². The van der Waals surface area contributed by atoms with Crippen LogP contribution in [-0.2, 0) is 34.0 Å². The Morgan fingerprint density at radius 2 is 1.78 bits per heavy atom. The molecule has 1 aromatic heterocycles. The number of hydrogen-bond acceptors (Lipinski definition) is 5. The molecule has 0 saturated heterocycles. The Balaban J connectivity index is 2.00. The van der Waals surface area contributed by atoms with Crippen LogP contribution in [-0.4, -0.2) is 31.1 Å². The lowest BCUT2D eigenvalue weighted by atomic mass is 10.0. The van der Waals surface area contributed by atoms with Gasteiger partial charge in [-0.25, -0.2) is 18.1 Å². The zero-order chi connectivity index (χ0) is 26.3. The van der Waals surface area contributed by atoms with E-state index in [4.69, 9.17) is 5.73 Å². The SMILES string of the molecule is CCCS(=O)(=O)NC(Cc1cccc(C(F)(F)F)c1)C(=O)N(Cc1ccc(N)nc1)c1ccccc1. The van der Waals surface area contributed by atoms with E-state index < -0.39 is 33.7 Å². The van der Waals surface area contributed by atoms with Gasteiger partial charge in [-0.1, -0.05) is 49.4 Å². The van der Waals surface area contributed by atoms with Gasteiger partial charge in [0, 0.05) is 11.9 Å². The van der Waals surface area contributed by atoms with Gasteiger partial charge in [-0.2, -0.15) is 13.2 Å². The average Bonchev–Trinajstić information content (AvgIpc) is 2.83. The van der Waals surface area contributed by atoms with E-state index in [9.17, 15) is 26.4 Å². The molecule has 36 heavy (non-hydrogen) atoms. The van der Waals surface area contributed by atoms with Crippen molar-refractivity contribution in [2.24, 2.45) is 0 Å². The number of halogens is 3. The molecular formula is C25H27F3N4O3S. The molecule has 0 fully saturated rings. The first-order chi connectivity index (χ1) is 17.0. The summed E-state index contributed by atoms with van der Waals surface area (Å²) in [5.41, 5.74) is 6.07. The Kier molecular flexibility index (Phi) is 8.70. The summed E-state index contributed by atoms with van der Waals surface area (Å²) < 4.78 is 67.4. The zero-order valence-corrected chi connectivity index (χ0v) is 20.4. The van der Waals surface area contributed by atoms with Crippen LogP contribution in [0.25, 0.3) is 0 Å². The summed E-state index contributed by atoms with van der Waals surface area (Å²) in [6, 6.07) is 15.0. The number of alkyl halides is 3. The number of pyridine rings is 1. The molecule has 0 saturated carbocycles. The minimum absolute atomic E-state index is 0.0464. The molecule has 0 spiro atoms. The van der Waals surface area contributed by atoms with Crippen molar-refractivity contribution in [3.63, 3.8) is 0 Å². The molecular weight excluding hydrogens is 493 g/mol. The standard InChI is InChI=1S/C25H27F3N4O3S/c1-2-13-36(34,35)31-22(15-18-7-6-8-20(14-18)25(26,27)28)24(33)32(21-9-4-3-5-10-21)17-19-11-12-23(29)30-16-19/h3-12,14,16,22,31H,2,13,15,17H2,1H3,(H2,29,30). The number of nitrogens with one attached hydrogen (secondary N) is 1. The van der Waals surface area contributed by atoms with E-state index in [0.29, 0.717) is 23.5 Å². The van der Waals surface area contributed by atoms with E-state index in [2.05, 4.69) is 9.71 Å². The first kappa shape index (κ1) is 27.2. The third-order valence-electron chi connectivity index (χ3n) is 5.31. The highest BCUT2D eigenvalue weighted by Crippen LogP contribution is 2.30. The van der Waals surface area contributed by atoms with Crippen molar-refractivity contribution < 1.29 is 26.4 Å². The van der Waals surface area contributed by atoms with Crippen molar-refractivity contribution in [3.05, 3.63) is 89.6 Å². The second-order valence-corrected chi connectivity index (χ2v) is 10.1. The second kappa shape index (κ2) is 11.5. The van der Waals surface area contributed by atoms with Crippen molar-refractivity contribution in [2.45, 2.75) is 38.5 Å². The van der Waals surface area contributed by atoms with E-state index in [1.807, 2.05) is 0 Å². The molecule has 11 heteroatoms. The van der Waals surface area contributed by atoms with Crippen molar-refractivity contribution in [1.29, 1.82) is 0 Å².